The van der Waals surface area contributed by atoms with Crippen LogP contribution in [0.4, 0.5) is 0 Å². The highest BCUT2D eigenvalue weighted by Gasteiger charge is 2.43. The van der Waals surface area contributed by atoms with Crippen LogP contribution in [0.25, 0.3) is 6.08 Å². The molecule has 2 unspecified atom stereocenters. The minimum Gasteiger partial charge on any atom is -0.0847 e. The van der Waals surface area contributed by atoms with Gasteiger partial charge in [-0.25, -0.2) is 0 Å². The minimum atomic E-state index is -1.24. The predicted octanol–water partition coefficient (Wildman–Crippen LogP) is 5.93. The van der Waals surface area contributed by atoms with Gasteiger partial charge in [-0.2, -0.15) is 0 Å². The summed E-state index contributed by atoms with van der Waals surface area (Å²) in [6.45, 7) is 2.59. The lowest BCUT2D eigenvalue weighted by molar-refractivity contribution is 0.572. The van der Waals surface area contributed by atoms with E-state index >= 15 is 0 Å². The number of hydrogen-bond donors (Lipinski definition) is 0. The second-order valence-electron chi connectivity index (χ2n) is 7.98. The number of fused-ring (bicyclic) bond motifs is 1. The monoisotopic (exact) mass is 358 g/mol. The van der Waals surface area contributed by atoms with Crippen molar-refractivity contribution in [3.8, 4) is 0 Å². The normalized spacial score (nSPS) is 24.1. The SMILES string of the molecule is C[SiH](c1ccccc1)C1(C2=CCCCCCC2)CC=Cc2ccccc21. The fraction of sp³-hybridized carbons (Fsp3) is 0.360. The van der Waals surface area contributed by atoms with Crippen LogP contribution >= 0.6 is 0 Å². The van der Waals surface area contributed by atoms with Crippen molar-refractivity contribution < 1.29 is 0 Å². The molecule has 2 aromatic carbocycles. The molecular formula is C25H30Si. The van der Waals surface area contributed by atoms with Gasteiger partial charge >= 0.3 is 0 Å². The average Bonchev–Trinajstić information content (AvgIpc) is 2.67. The van der Waals surface area contributed by atoms with Crippen molar-refractivity contribution in [3.63, 3.8) is 0 Å². The quantitative estimate of drug-likeness (QED) is 0.471. The van der Waals surface area contributed by atoms with Gasteiger partial charge in [0.15, 0.2) is 0 Å². The average molecular weight is 359 g/mol. The number of allylic oxidation sites excluding steroid dienone is 3. The molecule has 0 radical (unpaired) electrons. The topological polar surface area (TPSA) is 0 Å². The molecule has 26 heavy (non-hydrogen) atoms. The van der Waals surface area contributed by atoms with Crippen molar-refractivity contribution in [2.45, 2.75) is 56.5 Å². The second kappa shape index (κ2) is 7.80. The van der Waals surface area contributed by atoms with Crippen molar-refractivity contribution in [2.24, 2.45) is 0 Å². The van der Waals surface area contributed by atoms with Crippen molar-refractivity contribution in [1.82, 2.24) is 0 Å². The summed E-state index contributed by atoms with van der Waals surface area (Å²) in [6.07, 6.45) is 16.7. The van der Waals surface area contributed by atoms with Gasteiger partial charge in [-0.15, -0.1) is 0 Å². The molecule has 0 saturated heterocycles. The first-order chi connectivity index (χ1) is 12.8. The minimum absolute atomic E-state index is 0.240. The maximum absolute atomic E-state index is 2.64. The van der Waals surface area contributed by atoms with Crippen LogP contribution in [0.3, 0.4) is 0 Å². The van der Waals surface area contributed by atoms with Crippen LogP contribution in [-0.2, 0) is 5.04 Å². The molecular weight excluding hydrogens is 328 g/mol. The summed E-state index contributed by atoms with van der Waals surface area (Å²) in [5.41, 5.74) is 4.78. The molecule has 2 atom stereocenters. The lowest BCUT2D eigenvalue weighted by Gasteiger charge is -2.44. The Morgan fingerprint density at radius 1 is 0.846 bits per heavy atom. The summed E-state index contributed by atoms with van der Waals surface area (Å²) in [5, 5.41) is 1.84. The van der Waals surface area contributed by atoms with Crippen molar-refractivity contribution in [1.29, 1.82) is 0 Å². The zero-order chi connectivity index (χ0) is 17.8. The maximum atomic E-state index is 2.64. The van der Waals surface area contributed by atoms with E-state index < -0.39 is 8.80 Å². The van der Waals surface area contributed by atoms with Gasteiger partial charge in [-0.3, -0.25) is 0 Å². The third kappa shape index (κ3) is 3.14. The first-order valence-corrected chi connectivity index (χ1v) is 12.6. The largest absolute Gasteiger partial charge is 0.0847 e. The standard InChI is InChI=1S/C25H30Si/c1-26(23-17-8-5-9-18-23)25(22-15-6-3-2-4-7-16-22)20-12-14-21-13-10-11-19-24(21)25/h5,8-15,17-19,26H,2-4,6-7,16,20H2,1H3. The molecule has 2 aromatic rings. The van der Waals surface area contributed by atoms with E-state index in [0.717, 1.165) is 0 Å². The van der Waals surface area contributed by atoms with Crippen molar-refractivity contribution >= 4 is 20.1 Å². The van der Waals surface area contributed by atoms with Crippen LogP contribution in [0.1, 0.15) is 56.1 Å². The molecule has 0 N–H and O–H groups in total. The van der Waals surface area contributed by atoms with Crippen LogP contribution in [0.5, 0.6) is 0 Å². The van der Waals surface area contributed by atoms with E-state index in [1.165, 1.54) is 50.5 Å². The Balaban J connectivity index is 1.89. The lowest BCUT2D eigenvalue weighted by atomic mass is 9.78. The first kappa shape index (κ1) is 17.5. The first-order valence-electron chi connectivity index (χ1n) is 10.3. The fourth-order valence-corrected chi connectivity index (χ4v) is 8.55. The summed E-state index contributed by atoms with van der Waals surface area (Å²) in [7, 11) is -1.24. The molecule has 0 bridgehead atoms. The Bertz CT molecular complexity index is 802. The number of hydrogen-bond acceptors (Lipinski definition) is 0. The van der Waals surface area contributed by atoms with Gasteiger partial charge in [0, 0.05) is 5.04 Å². The molecule has 1 heteroatoms. The third-order valence-electron chi connectivity index (χ3n) is 6.58. The van der Waals surface area contributed by atoms with E-state index in [-0.39, 0.29) is 5.04 Å². The Kier molecular flexibility index (Phi) is 5.26. The summed E-state index contributed by atoms with van der Waals surface area (Å²) in [6, 6.07) is 20.5. The molecule has 0 aromatic heterocycles. The van der Waals surface area contributed by atoms with E-state index in [9.17, 15) is 0 Å². The molecule has 0 nitrogen and oxygen atoms in total. The van der Waals surface area contributed by atoms with E-state index in [1.54, 1.807) is 16.3 Å². The Labute approximate surface area is 160 Å². The zero-order valence-electron chi connectivity index (χ0n) is 16.0. The molecule has 0 spiro atoms. The van der Waals surface area contributed by atoms with Gasteiger partial charge in [0.1, 0.15) is 0 Å². The zero-order valence-corrected chi connectivity index (χ0v) is 17.1. The second-order valence-corrected chi connectivity index (χ2v) is 11.1. The fourth-order valence-electron chi connectivity index (χ4n) is 5.15. The summed E-state index contributed by atoms with van der Waals surface area (Å²) >= 11 is 0. The third-order valence-corrected chi connectivity index (χ3v) is 10.4. The number of benzene rings is 2. The highest BCUT2D eigenvalue weighted by atomic mass is 28.3. The van der Waals surface area contributed by atoms with Crippen LogP contribution < -0.4 is 5.19 Å². The van der Waals surface area contributed by atoms with E-state index in [0.29, 0.717) is 0 Å². The van der Waals surface area contributed by atoms with Crippen molar-refractivity contribution in [3.05, 3.63) is 83.4 Å². The maximum Gasteiger partial charge on any atom is 0.0840 e. The van der Waals surface area contributed by atoms with Gasteiger partial charge in [0.2, 0.25) is 0 Å². The molecule has 2 aliphatic rings. The Morgan fingerprint density at radius 2 is 1.62 bits per heavy atom. The molecule has 0 fully saturated rings. The molecule has 0 aliphatic heterocycles. The Hall–Kier alpha value is -1.86. The van der Waals surface area contributed by atoms with Gasteiger partial charge in [-0.05, 0) is 43.2 Å². The van der Waals surface area contributed by atoms with E-state index in [2.05, 4.69) is 79.4 Å². The van der Waals surface area contributed by atoms with Gasteiger partial charge < -0.3 is 0 Å². The van der Waals surface area contributed by atoms with Crippen LogP contribution in [0.2, 0.25) is 6.55 Å². The predicted molar refractivity (Wildman–Crippen MR) is 117 cm³/mol. The van der Waals surface area contributed by atoms with E-state index in [1.807, 2.05) is 0 Å². The van der Waals surface area contributed by atoms with E-state index in [4.69, 9.17) is 0 Å². The van der Waals surface area contributed by atoms with Crippen LogP contribution in [0.15, 0.2) is 72.3 Å². The van der Waals surface area contributed by atoms with Gasteiger partial charge in [0.05, 0.1) is 8.80 Å². The van der Waals surface area contributed by atoms with Crippen molar-refractivity contribution in [2.75, 3.05) is 0 Å². The Morgan fingerprint density at radius 3 is 2.50 bits per heavy atom. The molecule has 0 saturated carbocycles. The van der Waals surface area contributed by atoms with Gasteiger partial charge in [-0.1, -0.05) is 103 Å². The highest BCUT2D eigenvalue weighted by molar-refractivity contribution is 6.75. The molecule has 134 valence electrons. The van der Waals surface area contributed by atoms with Crippen LogP contribution in [0, 0.1) is 0 Å². The summed E-state index contributed by atoms with van der Waals surface area (Å²) < 4.78 is 0. The van der Waals surface area contributed by atoms with Crippen LogP contribution in [-0.4, -0.2) is 8.80 Å². The smallest absolute Gasteiger partial charge is 0.0840 e. The van der Waals surface area contributed by atoms with Gasteiger partial charge in [0.25, 0.3) is 0 Å². The molecule has 4 rings (SSSR count). The number of rotatable bonds is 3. The summed E-state index contributed by atoms with van der Waals surface area (Å²) in [5.74, 6) is 0. The molecule has 0 amide bonds. The highest BCUT2D eigenvalue weighted by Crippen LogP contribution is 2.46. The molecule has 0 heterocycles. The molecule has 2 aliphatic carbocycles. The lowest BCUT2D eigenvalue weighted by Crippen LogP contribution is -2.51. The summed E-state index contributed by atoms with van der Waals surface area (Å²) in [4.78, 5) is 0.